The van der Waals surface area contributed by atoms with Gasteiger partial charge in [0, 0.05) is 37.8 Å². The van der Waals surface area contributed by atoms with Crippen LogP contribution in [0.15, 0.2) is 27.4 Å². The van der Waals surface area contributed by atoms with E-state index in [1.54, 1.807) is 12.1 Å². The van der Waals surface area contributed by atoms with E-state index in [1.807, 2.05) is 6.07 Å². The summed E-state index contributed by atoms with van der Waals surface area (Å²) in [6.45, 7) is 3.42. The van der Waals surface area contributed by atoms with Crippen LogP contribution >= 0.6 is 0 Å². The van der Waals surface area contributed by atoms with Crippen LogP contribution in [-0.4, -0.2) is 49.1 Å². The predicted molar refractivity (Wildman–Crippen MR) is 116 cm³/mol. The van der Waals surface area contributed by atoms with E-state index in [4.69, 9.17) is 28.1 Å². The average Bonchev–Trinajstić information content (AvgIpc) is 2.77. The third-order valence-electron chi connectivity index (χ3n) is 5.75. The number of hydrogen-bond donors (Lipinski definition) is 0. The topological polar surface area (TPSA) is 128 Å². The van der Waals surface area contributed by atoms with Gasteiger partial charge in [0.15, 0.2) is 12.2 Å². The minimum absolute atomic E-state index is 0.157. The lowest BCUT2D eigenvalue weighted by Gasteiger charge is -2.40. The van der Waals surface area contributed by atoms with Gasteiger partial charge in [-0.3, -0.25) is 14.4 Å². The second-order valence-electron chi connectivity index (χ2n) is 8.33. The largest absolute Gasteiger partial charge is 0.461 e. The first-order valence-corrected chi connectivity index (χ1v) is 11.1. The SMILES string of the molecule is CC(=O)OC1COC(Oc2ccc3c4c(c(=O)oc3c2)CCCC4)C(OC(C)=O)C1OC(C)=O. The molecule has 0 N–H and O–H groups in total. The van der Waals surface area contributed by atoms with E-state index >= 15 is 0 Å². The second-order valence-corrected chi connectivity index (χ2v) is 8.33. The van der Waals surface area contributed by atoms with Gasteiger partial charge in [-0.1, -0.05) is 0 Å². The molecule has 0 saturated carbocycles. The van der Waals surface area contributed by atoms with Crippen molar-refractivity contribution in [2.24, 2.45) is 0 Å². The fourth-order valence-electron chi connectivity index (χ4n) is 4.44. The fraction of sp³-hybridized carbons (Fsp3) is 0.500. The Morgan fingerprint density at radius 1 is 0.882 bits per heavy atom. The van der Waals surface area contributed by atoms with Gasteiger partial charge in [0.1, 0.15) is 11.3 Å². The molecule has 1 aromatic carbocycles. The summed E-state index contributed by atoms with van der Waals surface area (Å²) < 4.78 is 33.0. The van der Waals surface area contributed by atoms with Crippen molar-refractivity contribution in [3.63, 3.8) is 0 Å². The zero-order chi connectivity index (χ0) is 24.4. The highest BCUT2D eigenvalue weighted by Gasteiger charge is 2.48. The first kappa shape index (κ1) is 23.7. The van der Waals surface area contributed by atoms with Gasteiger partial charge in [0.05, 0.1) is 6.61 Å². The summed E-state index contributed by atoms with van der Waals surface area (Å²) >= 11 is 0. The maximum absolute atomic E-state index is 12.4. The molecule has 1 fully saturated rings. The van der Waals surface area contributed by atoms with Crippen LogP contribution < -0.4 is 10.4 Å². The van der Waals surface area contributed by atoms with Crippen molar-refractivity contribution in [1.29, 1.82) is 0 Å². The Hall–Kier alpha value is -3.40. The van der Waals surface area contributed by atoms with Gasteiger partial charge in [-0.25, -0.2) is 4.79 Å². The molecule has 1 aliphatic heterocycles. The smallest absolute Gasteiger partial charge is 0.339 e. The number of esters is 3. The van der Waals surface area contributed by atoms with Crippen LogP contribution in [-0.2, 0) is 46.2 Å². The lowest BCUT2D eigenvalue weighted by molar-refractivity contribution is -0.259. The molecule has 34 heavy (non-hydrogen) atoms. The van der Waals surface area contributed by atoms with Crippen LogP contribution in [0.4, 0.5) is 0 Å². The zero-order valence-electron chi connectivity index (χ0n) is 19.2. The van der Waals surface area contributed by atoms with Gasteiger partial charge in [0.25, 0.3) is 0 Å². The van der Waals surface area contributed by atoms with Gasteiger partial charge >= 0.3 is 23.5 Å². The van der Waals surface area contributed by atoms with Crippen LogP contribution in [0.2, 0.25) is 0 Å². The van der Waals surface area contributed by atoms with Gasteiger partial charge in [-0.15, -0.1) is 0 Å². The van der Waals surface area contributed by atoms with Crippen LogP contribution in [0.25, 0.3) is 11.0 Å². The molecule has 4 rings (SSSR count). The van der Waals surface area contributed by atoms with E-state index in [2.05, 4.69) is 0 Å². The first-order valence-electron chi connectivity index (χ1n) is 11.1. The van der Waals surface area contributed by atoms with Gasteiger partial charge < -0.3 is 28.1 Å². The van der Waals surface area contributed by atoms with Crippen molar-refractivity contribution in [3.05, 3.63) is 39.7 Å². The molecule has 0 amide bonds. The maximum atomic E-state index is 12.4. The monoisotopic (exact) mass is 474 g/mol. The Labute approximate surface area is 195 Å². The minimum Gasteiger partial charge on any atom is -0.461 e. The van der Waals surface area contributed by atoms with Crippen LogP contribution in [0, 0.1) is 0 Å². The number of aryl methyl sites for hydroxylation is 1. The Kier molecular flexibility index (Phi) is 6.87. The number of ether oxygens (including phenoxy) is 5. The van der Waals surface area contributed by atoms with Crippen LogP contribution in [0.1, 0.15) is 44.7 Å². The van der Waals surface area contributed by atoms with Crippen LogP contribution in [0.3, 0.4) is 0 Å². The van der Waals surface area contributed by atoms with Crippen molar-refractivity contribution < 1.29 is 42.5 Å². The summed E-state index contributed by atoms with van der Waals surface area (Å²) in [7, 11) is 0. The molecule has 10 nitrogen and oxygen atoms in total. The first-order chi connectivity index (χ1) is 16.2. The van der Waals surface area contributed by atoms with Crippen molar-refractivity contribution in [1.82, 2.24) is 0 Å². The van der Waals surface area contributed by atoms with Crippen LogP contribution in [0.5, 0.6) is 5.75 Å². The minimum atomic E-state index is -1.22. The Morgan fingerprint density at radius 2 is 1.53 bits per heavy atom. The molecule has 0 spiro atoms. The number of fused-ring (bicyclic) bond motifs is 3. The molecule has 0 radical (unpaired) electrons. The second kappa shape index (κ2) is 9.84. The lowest BCUT2D eigenvalue weighted by atomic mass is 9.91. The maximum Gasteiger partial charge on any atom is 0.339 e. The predicted octanol–water partition coefficient (Wildman–Crippen LogP) is 2.20. The van der Waals surface area contributed by atoms with Crippen molar-refractivity contribution >= 4 is 28.9 Å². The van der Waals surface area contributed by atoms with E-state index in [-0.39, 0.29) is 12.2 Å². The number of carbonyl (C=O) groups is 3. The highest BCUT2D eigenvalue weighted by atomic mass is 16.7. The molecule has 0 bridgehead atoms. The Morgan fingerprint density at radius 3 is 2.21 bits per heavy atom. The molecule has 1 aromatic heterocycles. The number of hydrogen-bond acceptors (Lipinski definition) is 10. The van der Waals surface area contributed by atoms with E-state index < -0.39 is 42.5 Å². The summed E-state index contributed by atoms with van der Waals surface area (Å²) in [5, 5.41) is 0.843. The molecular weight excluding hydrogens is 448 g/mol. The fourth-order valence-corrected chi connectivity index (χ4v) is 4.44. The quantitative estimate of drug-likeness (QED) is 0.361. The highest BCUT2D eigenvalue weighted by Crippen LogP contribution is 2.31. The van der Waals surface area contributed by atoms with E-state index in [0.717, 1.165) is 35.8 Å². The third-order valence-corrected chi connectivity index (χ3v) is 5.75. The molecule has 2 aliphatic rings. The highest BCUT2D eigenvalue weighted by molar-refractivity contribution is 5.82. The number of benzene rings is 1. The Bertz CT molecular complexity index is 1170. The molecule has 2 heterocycles. The summed E-state index contributed by atoms with van der Waals surface area (Å²) in [6.07, 6.45) is -1.07. The molecule has 1 aliphatic carbocycles. The van der Waals surface area contributed by atoms with Gasteiger partial charge in [-0.05, 0) is 43.4 Å². The summed E-state index contributed by atoms with van der Waals surface area (Å²) in [5.41, 5.74) is 1.73. The van der Waals surface area contributed by atoms with Crippen molar-refractivity contribution in [3.8, 4) is 5.75 Å². The molecular formula is C24H26O10. The zero-order valence-corrected chi connectivity index (χ0v) is 19.2. The molecule has 2 aromatic rings. The summed E-state index contributed by atoms with van der Waals surface area (Å²) in [4.78, 5) is 47.4. The molecule has 10 heteroatoms. The van der Waals surface area contributed by atoms with Crippen molar-refractivity contribution in [2.75, 3.05) is 6.61 Å². The summed E-state index contributed by atoms with van der Waals surface area (Å²) in [6, 6.07) is 5.08. The lowest BCUT2D eigenvalue weighted by Crippen LogP contribution is -2.59. The molecule has 4 atom stereocenters. The molecule has 1 saturated heterocycles. The third kappa shape index (κ3) is 5.06. The average molecular weight is 474 g/mol. The van der Waals surface area contributed by atoms with E-state index in [9.17, 15) is 19.2 Å². The molecule has 4 unspecified atom stereocenters. The normalized spacial score (nSPS) is 24.1. The van der Waals surface area contributed by atoms with Gasteiger partial charge in [0.2, 0.25) is 12.4 Å². The Balaban J connectivity index is 1.64. The van der Waals surface area contributed by atoms with Gasteiger partial charge in [-0.2, -0.15) is 0 Å². The summed E-state index contributed by atoms with van der Waals surface area (Å²) in [5.74, 6) is -1.64. The molecule has 182 valence electrons. The number of carbonyl (C=O) groups excluding carboxylic acids is 3. The van der Waals surface area contributed by atoms with E-state index in [1.165, 1.54) is 20.8 Å². The number of rotatable bonds is 5. The van der Waals surface area contributed by atoms with E-state index in [0.29, 0.717) is 17.8 Å². The van der Waals surface area contributed by atoms with Crippen molar-refractivity contribution in [2.45, 2.75) is 71.1 Å². The standard InChI is InChI=1S/C24H26O10/c1-12(25)30-20-11-29-24(22(32-14(3)27)21(20)31-13(2)26)33-15-8-9-17-16-6-4-5-7-18(16)23(28)34-19(17)10-15/h8-10,20-22,24H,4-7,11H2,1-3H3.